The second-order valence-corrected chi connectivity index (χ2v) is 6.68. The summed E-state index contributed by atoms with van der Waals surface area (Å²) in [5.41, 5.74) is 3.25. The first-order valence-electron chi connectivity index (χ1n) is 9.69. The Labute approximate surface area is 176 Å². The number of nitriles is 1. The fourth-order valence-corrected chi connectivity index (χ4v) is 2.93. The van der Waals surface area contributed by atoms with Gasteiger partial charge in [0.05, 0.1) is 13.7 Å². The molecule has 1 aromatic carbocycles. The molecule has 1 heterocycles. The topological polar surface area (TPSA) is 90.5 Å². The molecule has 0 atom stereocenters. The summed E-state index contributed by atoms with van der Waals surface area (Å²) in [7, 11) is 1.61. The summed E-state index contributed by atoms with van der Waals surface area (Å²) in [5.74, 6) is -0.741. The normalized spacial score (nSPS) is 11.0. The van der Waals surface area contributed by atoms with Gasteiger partial charge in [0.25, 0.3) is 0 Å². The van der Waals surface area contributed by atoms with E-state index in [0.29, 0.717) is 5.56 Å². The van der Waals surface area contributed by atoms with Crippen LogP contribution in [0.4, 0.5) is 0 Å². The van der Waals surface area contributed by atoms with E-state index in [0.717, 1.165) is 35.7 Å². The zero-order valence-electron chi connectivity index (χ0n) is 17.7. The summed E-state index contributed by atoms with van der Waals surface area (Å²) in [4.78, 5) is 23.8. The Bertz CT molecular complexity index is 965. The maximum Gasteiger partial charge on any atom is 0.349 e. The maximum absolute atomic E-state index is 12.2. The van der Waals surface area contributed by atoms with Crippen molar-refractivity contribution in [3.05, 3.63) is 52.9 Å². The van der Waals surface area contributed by atoms with Crippen LogP contribution in [0.5, 0.6) is 5.75 Å². The number of carbonyl (C=O) groups is 2. The van der Waals surface area contributed by atoms with Crippen LogP contribution in [-0.4, -0.2) is 36.8 Å². The Kier molecular flexibility index (Phi) is 8.24. The molecule has 30 heavy (non-hydrogen) atoms. The number of rotatable bonds is 9. The lowest BCUT2D eigenvalue weighted by molar-refractivity contribution is -0.156. The molecule has 0 saturated carbocycles. The number of esters is 2. The van der Waals surface area contributed by atoms with Gasteiger partial charge in [-0.3, -0.25) is 0 Å². The SMILES string of the molecule is CCCCOC(=O)COC(=O)/C(C#N)=C/c1cc(C)n(-c2ccc(OC)cc2)c1C. The third kappa shape index (κ3) is 5.74. The molecule has 0 aliphatic rings. The first kappa shape index (κ1) is 22.8. The highest BCUT2D eigenvalue weighted by molar-refractivity contribution is 5.98. The molecule has 0 radical (unpaired) electrons. The third-order valence-corrected chi connectivity index (χ3v) is 4.52. The molecule has 0 aliphatic heterocycles. The minimum atomic E-state index is -0.862. The Hall–Kier alpha value is -3.53. The molecule has 2 aromatic rings. The number of unbranched alkanes of at least 4 members (excludes halogenated alkanes) is 1. The number of aromatic nitrogens is 1. The van der Waals surface area contributed by atoms with Gasteiger partial charge < -0.3 is 18.8 Å². The number of benzene rings is 1. The summed E-state index contributed by atoms with van der Waals surface area (Å²) >= 11 is 0. The Morgan fingerprint density at radius 2 is 1.87 bits per heavy atom. The fraction of sp³-hybridized carbons (Fsp3) is 0.348. The van der Waals surface area contributed by atoms with E-state index in [9.17, 15) is 14.9 Å². The second kappa shape index (κ2) is 10.9. The molecule has 7 heteroatoms. The van der Waals surface area contributed by atoms with Crippen LogP contribution in [0.15, 0.2) is 35.9 Å². The van der Waals surface area contributed by atoms with E-state index in [1.165, 1.54) is 6.08 Å². The van der Waals surface area contributed by atoms with Crippen molar-refractivity contribution in [1.29, 1.82) is 5.26 Å². The van der Waals surface area contributed by atoms with Crippen molar-refractivity contribution >= 4 is 18.0 Å². The van der Waals surface area contributed by atoms with Crippen LogP contribution in [0.25, 0.3) is 11.8 Å². The third-order valence-electron chi connectivity index (χ3n) is 4.52. The molecule has 0 bridgehead atoms. The van der Waals surface area contributed by atoms with Crippen LogP contribution >= 0.6 is 0 Å². The van der Waals surface area contributed by atoms with Gasteiger partial charge in [-0.15, -0.1) is 0 Å². The Morgan fingerprint density at radius 3 is 2.47 bits per heavy atom. The molecule has 0 unspecified atom stereocenters. The summed E-state index contributed by atoms with van der Waals surface area (Å²) in [6, 6.07) is 11.3. The fourth-order valence-electron chi connectivity index (χ4n) is 2.93. The van der Waals surface area contributed by atoms with E-state index in [4.69, 9.17) is 14.2 Å². The zero-order chi connectivity index (χ0) is 22.1. The molecule has 0 spiro atoms. The monoisotopic (exact) mass is 410 g/mol. The van der Waals surface area contributed by atoms with E-state index in [1.807, 2.05) is 61.7 Å². The largest absolute Gasteiger partial charge is 0.497 e. The predicted octanol–water partition coefficient (Wildman–Crippen LogP) is 3.90. The van der Waals surface area contributed by atoms with Crippen LogP contribution in [-0.2, 0) is 19.1 Å². The van der Waals surface area contributed by atoms with Gasteiger partial charge in [0.2, 0.25) is 0 Å². The van der Waals surface area contributed by atoms with Crippen molar-refractivity contribution in [2.24, 2.45) is 0 Å². The van der Waals surface area contributed by atoms with Crippen molar-refractivity contribution < 1.29 is 23.8 Å². The lowest BCUT2D eigenvalue weighted by atomic mass is 10.1. The number of carbonyl (C=O) groups excluding carboxylic acids is 2. The second-order valence-electron chi connectivity index (χ2n) is 6.68. The van der Waals surface area contributed by atoms with Gasteiger partial charge in [-0.25, -0.2) is 9.59 Å². The van der Waals surface area contributed by atoms with Gasteiger partial charge in [0, 0.05) is 17.1 Å². The van der Waals surface area contributed by atoms with Crippen LogP contribution < -0.4 is 4.74 Å². The molecule has 2 rings (SSSR count). The van der Waals surface area contributed by atoms with E-state index >= 15 is 0 Å². The van der Waals surface area contributed by atoms with Crippen molar-refractivity contribution in [2.75, 3.05) is 20.3 Å². The number of methoxy groups -OCH3 is 1. The van der Waals surface area contributed by atoms with Gasteiger partial charge in [-0.2, -0.15) is 5.26 Å². The average molecular weight is 410 g/mol. The number of hydrogen-bond donors (Lipinski definition) is 0. The highest BCUT2D eigenvalue weighted by Crippen LogP contribution is 2.24. The molecule has 0 N–H and O–H groups in total. The molecule has 158 valence electrons. The molecule has 1 aromatic heterocycles. The zero-order valence-corrected chi connectivity index (χ0v) is 17.7. The van der Waals surface area contributed by atoms with Crippen LogP contribution in [0.1, 0.15) is 36.7 Å². The van der Waals surface area contributed by atoms with E-state index < -0.39 is 18.5 Å². The first-order valence-corrected chi connectivity index (χ1v) is 9.69. The quantitative estimate of drug-likeness (QED) is 0.270. The molecule has 0 amide bonds. The summed E-state index contributed by atoms with van der Waals surface area (Å²) in [5, 5.41) is 9.38. The number of aryl methyl sites for hydroxylation is 1. The minimum absolute atomic E-state index is 0.189. The molecule has 0 fully saturated rings. The van der Waals surface area contributed by atoms with Gasteiger partial charge in [0.15, 0.2) is 6.61 Å². The van der Waals surface area contributed by atoms with Gasteiger partial charge in [0.1, 0.15) is 17.4 Å². The van der Waals surface area contributed by atoms with Gasteiger partial charge >= 0.3 is 11.9 Å². The van der Waals surface area contributed by atoms with E-state index in [1.54, 1.807) is 7.11 Å². The lowest BCUT2D eigenvalue weighted by Gasteiger charge is -2.10. The highest BCUT2D eigenvalue weighted by atomic mass is 16.6. The summed E-state index contributed by atoms with van der Waals surface area (Å²) in [6.45, 7) is 5.57. The molecule has 0 saturated heterocycles. The summed E-state index contributed by atoms with van der Waals surface area (Å²) in [6.07, 6.45) is 3.10. The molecular formula is C23H26N2O5. The van der Waals surface area contributed by atoms with Gasteiger partial charge in [-0.05, 0) is 62.2 Å². The average Bonchev–Trinajstić information content (AvgIpc) is 3.03. The number of nitrogens with zero attached hydrogens (tertiary/aromatic N) is 2. The van der Waals surface area contributed by atoms with Crippen LogP contribution in [0, 0.1) is 25.2 Å². The van der Waals surface area contributed by atoms with Crippen molar-refractivity contribution in [3.63, 3.8) is 0 Å². The standard InChI is InChI=1S/C23H26N2O5/c1-5-6-11-29-22(26)15-30-23(27)19(14-24)13-18-12-16(2)25(17(18)3)20-7-9-21(28-4)10-8-20/h7-10,12-13H,5-6,11,15H2,1-4H3/b19-13+. The molecule has 7 nitrogen and oxygen atoms in total. The molecule has 0 aliphatic carbocycles. The van der Waals surface area contributed by atoms with Crippen LogP contribution in [0.2, 0.25) is 0 Å². The number of hydrogen-bond acceptors (Lipinski definition) is 6. The summed E-state index contributed by atoms with van der Waals surface area (Å²) < 4.78 is 17.1. The van der Waals surface area contributed by atoms with Crippen molar-refractivity contribution in [2.45, 2.75) is 33.6 Å². The van der Waals surface area contributed by atoms with Gasteiger partial charge in [-0.1, -0.05) is 13.3 Å². The number of ether oxygens (including phenoxy) is 3. The lowest BCUT2D eigenvalue weighted by Crippen LogP contribution is -2.17. The Morgan fingerprint density at radius 1 is 1.17 bits per heavy atom. The van der Waals surface area contributed by atoms with E-state index in [-0.39, 0.29) is 12.2 Å². The minimum Gasteiger partial charge on any atom is -0.497 e. The van der Waals surface area contributed by atoms with E-state index in [2.05, 4.69) is 0 Å². The predicted molar refractivity (Wildman–Crippen MR) is 112 cm³/mol. The maximum atomic E-state index is 12.2. The highest BCUT2D eigenvalue weighted by Gasteiger charge is 2.16. The first-order chi connectivity index (χ1) is 14.4. The van der Waals surface area contributed by atoms with Crippen molar-refractivity contribution in [3.8, 4) is 17.5 Å². The van der Waals surface area contributed by atoms with Crippen LogP contribution in [0.3, 0.4) is 0 Å². The van der Waals surface area contributed by atoms with Crippen molar-refractivity contribution in [1.82, 2.24) is 4.57 Å². The smallest absolute Gasteiger partial charge is 0.349 e. The Balaban J connectivity index is 2.16. The molecular weight excluding hydrogens is 384 g/mol.